The highest BCUT2D eigenvalue weighted by molar-refractivity contribution is 5.94. The molecule has 0 radical (unpaired) electrons. The molecule has 1 aliphatic heterocycles. The van der Waals surface area contributed by atoms with Gasteiger partial charge in [-0.15, -0.1) is 0 Å². The lowest BCUT2D eigenvalue weighted by molar-refractivity contribution is 0.0711. The van der Waals surface area contributed by atoms with Gasteiger partial charge in [0.15, 0.2) is 5.82 Å². The van der Waals surface area contributed by atoms with Crippen LogP contribution in [-0.2, 0) is 6.42 Å². The van der Waals surface area contributed by atoms with E-state index in [-0.39, 0.29) is 11.8 Å². The summed E-state index contributed by atoms with van der Waals surface area (Å²) in [6.45, 7) is 3.32. The number of nitrogens with one attached hydrogen (secondary N) is 1. The van der Waals surface area contributed by atoms with E-state index in [0.717, 1.165) is 52.8 Å². The number of imidazole rings is 1. The molecule has 0 spiro atoms. The number of hydrogen-bond acceptors (Lipinski definition) is 6. The molecule has 0 unspecified atom stereocenters. The minimum atomic E-state index is 0.0192. The molecule has 1 aromatic carbocycles. The third-order valence-electron chi connectivity index (χ3n) is 6.43. The maximum absolute atomic E-state index is 13.1. The fourth-order valence-corrected chi connectivity index (χ4v) is 4.50. The van der Waals surface area contributed by atoms with Gasteiger partial charge in [-0.2, -0.15) is 0 Å². The number of H-pyrrole nitrogens is 1. The number of benzene rings is 1. The number of pyridine rings is 1. The van der Waals surface area contributed by atoms with E-state index in [0.29, 0.717) is 25.1 Å². The number of aromatic nitrogens is 5. The number of para-hydroxylation sites is 1. The average Bonchev–Trinajstić information content (AvgIpc) is 3.35. The van der Waals surface area contributed by atoms with Crippen molar-refractivity contribution in [2.24, 2.45) is 0 Å². The van der Waals surface area contributed by atoms with Crippen LogP contribution in [0.3, 0.4) is 0 Å². The van der Waals surface area contributed by atoms with Gasteiger partial charge in [0.05, 0.1) is 24.6 Å². The molecule has 8 nitrogen and oxygen atoms in total. The third kappa shape index (κ3) is 5.06. The van der Waals surface area contributed by atoms with Crippen molar-refractivity contribution < 1.29 is 9.53 Å². The normalized spacial score (nSPS) is 14.2. The minimum absolute atomic E-state index is 0.0192. The number of hydrogen-bond donors (Lipinski definition) is 1. The topological polar surface area (TPSA) is 96.9 Å². The highest BCUT2D eigenvalue weighted by atomic mass is 16.5. The summed E-state index contributed by atoms with van der Waals surface area (Å²) in [6.07, 6.45) is 9.37. The lowest BCUT2D eigenvalue weighted by atomic mass is 9.93. The second-order valence-electron chi connectivity index (χ2n) is 8.84. The van der Waals surface area contributed by atoms with Crippen molar-refractivity contribution in [1.29, 1.82) is 0 Å². The van der Waals surface area contributed by atoms with Crippen LogP contribution in [0, 0.1) is 6.92 Å². The smallest absolute Gasteiger partial charge is 0.255 e. The van der Waals surface area contributed by atoms with E-state index >= 15 is 0 Å². The lowest BCUT2D eigenvalue weighted by Gasteiger charge is -2.31. The van der Waals surface area contributed by atoms with Crippen LogP contribution in [0.25, 0.3) is 11.5 Å². The monoisotopic (exact) mass is 468 g/mol. The highest BCUT2D eigenvalue weighted by Gasteiger charge is 2.26. The van der Waals surface area contributed by atoms with E-state index in [1.165, 1.54) is 0 Å². The Bertz CT molecular complexity index is 1310. The Balaban J connectivity index is 1.20. The number of methoxy groups -OCH3 is 1. The first-order valence-corrected chi connectivity index (χ1v) is 11.8. The first kappa shape index (κ1) is 22.7. The predicted octanol–water partition coefficient (Wildman–Crippen LogP) is 4.19. The van der Waals surface area contributed by atoms with E-state index in [4.69, 9.17) is 9.72 Å². The van der Waals surface area contributed by atoms with Gasteiger partial charge in [0.25, 0.3) is 5.91 Å². The number of nitrogens with zero attached hydrogens (tertiary/aromatic N) is 5. The molecular weight excluding hydrogens is 440 g/mol. The van der Waals surface area contributed by atoms with E-state index < -0.39 is 0 Å². The van der Waals surface area contributed by atoms with Crippen molar-refractivity contribution >= 4 is 5.91 Å². The Morgan fingerprint density at radius 2 is 1.89 bits per heavy atom. The van der Waals surface area contributed by atoms with E-state index in [2.05, 4.69) is 19.9 Å². The molecule has 1 saturated heterocycles. The Morgan fingerprint density at radius 3 is 2.60 bits per heavy atom. The van der Waals surface area contributed by atoms with Crippen LogP contribution < -0.4 is 4.74 Å². The second-order valence-corrected chi connectivity index (χ2v) is 8.84. The summed E-state index contributed by atoms with van der Waals surface area (Å²) in [5.74, 6) is 1.85. The molecule has 1 amide bonds. The number of likely N-dealkylation sites (tertiary alicyclic amines) is 1. The fourth-order valence-electron chi connectivity index (χ4n) is 4.50. The molecule has 8 heteroatoms. The van der Waals surface area contributed by atoms with Gasteiger partial charge in [0, 0.05) is 61.0 Å². The van der Waals surface area contributed by atoms with Crippen LogP contribution in [0.1, 0.15) is 51.8 Å². The number of carbonyl (C=O) groups is 1. The molecule has 4 heterocycles. The number of rotatable bonds is 6. The summed E-state index contributed by atoms with van der Waals surface area (Å²) in [7, 11) is 1.67. The predicted molar refractivity (Wildman–Crippen MR) is 132 cm³/mol. The average molecular weight is 469 g/mol. The number of ether oxygens (including phenoxy) is 1. The number of piperidine rings is 1. The first-order chi connectivity index (χ1) is 17.1. The molecule has 5 rings (SSSR count). The molecule has 0 bridgehead atoms. The molecular formula is C27H28N6O2. The molecule has 0 aliphatic carbocycles. The molecule has 3 aromatic heterocycles. The van der Waals surface area contributed by atoms with Gasteiger partial charge >= 0.3 is 0 Å². The standard InChI is InChI=1S/C27H28N6O2/c1-18-14-30-26(31-18)24-17-28-16-23(32-24)19-9-11-33(12-10-19)27(34)21-7-8-22(29-15-21)13-20-5-3-4-6-25(20)35-2/h3-8,14-17,19H,9-13H2,1-2H3,(H,30,31). The SMILES string of the molecule is COc1ccccc1Cc1ccc(C(=O)N2CCC(c3cncc(-c4ncc(C)[nH]4)n3)CC2)cn1. The number of aryl methyl sites for hydroxylation is 1. The van der Waals surface area contributed by atoms with Crippen LogP contribution in [-0.4, -0.2) is 55.9 Å². The summed E-state index contributed by atoms with van der Waals surface area (Å²) in [4.78, 5) is 36.2. The van der Waals surface area contributed by atoms with Crippen LogP contribution in [0.2, 0.25) is 0 Å². The number of carbonyl (C=O) groups excluding carboxylic acids is 1. The van der Waals surface area contributed by atoms with Crippen molar-refractivity contribution in [3.05, 3.63) is 89.4 Å². The Morgan fingerprint density at radius 1 is 1.06 bits per heavy atom. The molecule has 1 aliphatic rings. The maximum atomic E-state index is 13.1. The third-order valence-corrected chi connectivity index (χ3v) is 6.43. The Hall–Kier alpha value is -4.07. The minimum Gasteiger partial charge on any atom is -0.496 e. The van der Waals surface area contributed by atoms with E-state index in [1.54, 1.807) is 25.7 Å². The zero-order chi connectivity index (χ0) is 24.2. The van der Waals surface area contributed by atoms with Crippen LogP contribution >= 0.6 is 0 Å². The molecule has 4 aromatic rings. The summed E-state index contributed by atoms with van der Waals surface area (Å²) in [5.41, 5.74) is 5.26. The van der Waals surface area contributed by atoms with Crippen molar-refractivity contribution in [2.75, 3.05) is 20.2 Å². The molecule has 1 fully saturated rings. The number of amides is 1. The van der Waals surface area contributed by atoms with Gasteiger partial charge in [-0.25, -0.2) is 9.97 Å². The molecule has 1 N–H and O–H groups in total. The Labute approximate surface area is 204 Å². The van der Waals surface area contributed by atoms with E-state index in [9.17, 15) is 4.79 Å². The summed E-state index contributed by atoms with van der Waals surface area (Å²) in [5, 5.41) is 0. The Kier molecular flexibility index (Phi) is 6.52. The van der Waals surface area contributed by atoms with Crippen LogP contribution in [0.15, 0.2) is 61.2 Å². The highest BCUT2D eigenvalue weighted by Crippen LogP contribution is 2.28. The largest absolute Gasteiger partial charge is 0.496 e. The van der Waals surface area contributed by atoms with Gasteiger partial charge in [0.2, 0.25) is 0 Å². The molecule has 0 saturated carbocycles. The van der Waals surface area contributed by atoms with Gasteiger partial charge in [-0.3, -0.25) is 14.8 Å². The summed E-state index contributed by atoms with van der Waals surface area (Å²) >= 11 is 0. The van der Waals surface area contributed by atoms with Crippen LogP contribution in [0.4, 0.5) is 0 Å². The lowest BCUT2D eigenvalue weighted by Crippen LogP contribution is -2.38. The fraction of sp³-hybridized carbons (Fsp3) is 0.296. The summed E-state index contributed by atoms with van der Waals surface area (Å²) < 4.78 is 5.43. The number of aromatic amines is 1. The zero-order valence-electron chi connectivity index (χ0n) is 19.9. The van der Waals surface area contributed by atoms with Crippen molar-refractivity contribution in [2.45, 2.75) is 32.1 Å². The second kappa shape index (κ2) is 10.0. The zero-order valence-corrected chi connectivity index (χ0v) is 19.9. The van der Waals surface area contributed by atoms with Gasteiger partial charge in [0.1, 0.15) is 11.4 Å². The van der Waals surface area contributed by atoms with E-state index in [1.807, 2.05) is 54.4 Å². The van der Waals surface area contributed by atoms with Gasteiger partial charge in [-0.05, 0) is 38.0 Å². The van der Waals surface area contributed by atoms with Crippen molar-refractivity contribution in [3.63, 3.8) is 0 Å². The van der Waals surface area contributed by atoms with Crippen molar-refractivity contribution in [3.8, 4) is 17.3 Å². The summed E-state index contributed by atoms with van der Waals surface area (Å²) in [6, 6.07) is 11.7. The molecule has 178 valence electrons. The molecule has 35 heavy (non-hydrogen) atoms. The van der Waals surface area contributed by atoms with Gasteiger partial charge < -0.3 is 14.6 Å². The van der Waals surface area contributed by atoms with Gasteiger partial charge in [-0.1, -0.05) is 18.2 Å². The first-order valence-electron chi connectivity index (χ1n) is 11.8. The molecule has 0 atom stereocenters. The maximum Gasteiger partial charge on any atom is 0.255 e. The quantitative estimate of drug-likeness (QED) is 0.456. The van der Waals surface area contributed by atoms with Crippen molar-refractivity contribution in [1.82, 2.24) is 29.8 Å². The van der Waals surface area contributed by atoms with Crippen LogP contribution in [0.5, 0.6) is 5.75 Å².